The monoisotopic (exact) mass is 698 g/mol. The highest BCUT2D eigenvalue weighted by atomic mass is 32.1. The number of aromatic nitrogens is 2. The molecule has 50 heavy (non-hydrogen) atoms. The minimum atomic E-state index is -1.06. The molecule has 2 aliphatic rings. The molecule has 1 atom stereocenters. The third kappa shape index (κ3) is 7.03. The second-order valence-corrected chi connectivity index (χ2v) is 15.0. The van der Waals surface area contributed by atoms with Crippen molar-refractivity contribution in [3.63, 3.8) is 0 Å². The Morgan fingerprint density at radius 1 is 1.08 bits per heavy atom. The number of thiophene rings is 1. The van der Waals surface area contributed by atoms with Crippen LogP contribution in [0.1, 0.15) is 66.9 Å². The van der Waals surface area contributed by atoms with E-state index in [1.54, 1.807) is 24.5 Å². The van der Waals surface area contributed by atoms with Crippen molar-refractivity contribution in [2.75, 3.05) is 37.6 Å². The Kier molecular flexibility index (Phi) is 9.23. The van der Waals surface area contributed by atoms with Crippen LogP contribution < -0.4 is 9.64 Å². The van der Waals surface area contributed by atoms with Crippen LogP contribution in [0.4, 0.5) is 14.5 Å². The van der Waals surface area contributed by atoms with Gasteiger partial charge in [0.05, 0.1) is 17.9 Å². The van der Waals surface area contributed by atoms with Gasteiger partial charge in [0.15, 0.2) is 0 Å². The van der Waals surface area contributed by atoms with Gasteiger partial charge in [-0.3, -0.25) is 4.90 Å². The number of aromatic carboxylic acids is 1. The number of benzene rings is 2. The fourth-order valence-corrected chi connectivity index (χ4v) is 8.00. The number of hydrogen-bond acceptors (Lipinski definition) is 7. The quantitative estimate of drug-likeness (QED) is 0.141. The molecular formula is C39H40F2N4O4S. The number of pyridine rings is 1. The Balaban J connectivity index is 1.08. The molecule has 0 unspecified atom stereocenters. The average Bonchev–Trinajstić information content (AvgIpc) is 3.75. The Hall–Kier alpha value is -4.58. The third-order valence-corrected chi connectivity index (χ3v) is 10.9. The Morgan fingerprint density at radius 2 is 1.84 bits per heavy atom. The van der Waals surface area contributed by atoms with Crippen molar-refractivity contribution < 1.29 is 28.5 Å². The molecule has 1 aliphatic carbocycles. The van der Waals surface area contributed by atoms with E-state index in [-0.39, 0.29) is 27.9 Å². The summed E-state index contributed by atoms with van der Waals surface area (Å²) < 4.78 is 36.2. The SMILES string of the molecule is C[C@H](O)c1cc(F)c(-c2csc(C3=C(CN4CCN(c5ccc(C(=O)O)c(Oc6cnc7[nH]ccc7c6)c5)CC4)CCC(C)(C)C3)c2)c(F)c1. The van der Waals surface area contributed by atoms with Crippen LogP contribution in [-0.4, -0.2) is 63.8 Å². The van der Waals surface area contributed by atoms with Crippen LogP contribution in [0.15, 0.2) is 71.9 Å². The number of aliphatic hydroxyl groups excluding tert-OH is 1. The van der Waals surface area contributed by atoms with Gasteiger partial charge in [-0.1, -0.05) is 19.4 Å². The zero-order valence-corrected chi connectivity index (χ0v) is 29.1. The lowest BCUT2D eigenvalue weighted by Gasteiger charge is -2.39. The number of nitrogens with zero attached hydrogens (tertiary/aromatic N) is 3. The third-order valence-electron chi connectivity index (χ3n) is 9.87. The average molecular weight is 699 g/mol. The lowest BCUT2D eigenvalue weighted by atomic mass is 9.73. The zero-order valence-electron chi connectivity index (χ0n) is 28.3. The lowest BCUT2D eigenvalue weighted by molar-refractivity contribution is 0.0694. The number of rotatable bonds is 9. The first-order valence-corrected chi connectivity index (χ1v) is 17.7. The lowest BCUT2D eigenvalue weighted by Crippen LogP contribution is -2.47. The summed E-state index contributed by atoms with van der Waals surface area (Å²) in [5, 5.41) is 22.4. The molecule has 1 aliphatic heterocycles. The van der Waals surface area contributed by atoms with E-state index in [0.717, 1.165) is 73.6 Å². The Bertz CT molecular complexity index is 2070. The van der Waals surface area contributed by atoms with Gasteiger partial charge in [-0.05, 0) is 96.1 Å². The van der Waals surface area contributed by atoms with Crippen LogP contribution in [0.25, 0.3) is 27.7 Å². The van der Waals surface area contributed by atoms with Gasteiger partial charge in [0.2, 0.25) is 0 Å². The van der Waals surface area contributed by atoms with Crippen molar-refractivity contribution in [2.45, 2.75) is 46.1 Å². The second-order valence-electron chi connectivity index (χ2n) is 14.1. The summed E-state index contributed by atoms with van der Waals surface area (Å²) in [4.78, 5) is 25.2. The molecule has 0 radical (unpaired) electrons. The van der Waals surface area contributed by atoms with Crippen molar-refractivity contribution in [1.29, 1.82) is 0 Å². The second kappa shape index (κ2) is 13.6. The number of aromatic amines is 1. The minimum absolute atomic E-state index is 0.0615. The van der Waals surface area contributed by atoms with Gasteiger partial charge in [0, 0.05) is 60.9 Å². The topological polar surface area (TPSA) is 102 Å². The molecule has 0 amide bonds. The number of aliphatic hydroxyl groups is 1. The number of carbonyl (C=O) groups is 1. The van der Waals surface area contributed by atoms with Gasteiger partial charge in [-0.2, -0.15) is 0 Å². The number of ether oxygens (including phenoxy) is 1. The number of fused-ring (bicyclic) bond motifs is 1. The van der Waals surface area contributed by atoms with Crippen LogP contribution >= 0.6 is 11.3 Å². The van der Waals surface area contributed by atoms with Crippen LogP contribution in [0.2, 0.25) is 0 Å². The molecule has 0 spiro atoms. The van der Waals surface area contributed by atoms with Gasteiger partial charge in [0.25, 0.3) is 0 Å². The molecular weight excluding hydrogens is 659 g/mol. The van der Waals surface area contributed by atoms with Crippen molar-refractivity contribution in [3.8, 4) is 22.6 Å². The summed E-state index contributed by atoms with van der Waals surface area (Å²) in [6, 6.07) is 13.3. The maximum Gasteiger partial charge on any atom is 0.339 e. The van der Waals surface area contributed by atoms with E-state index in [1.807, 2.05) is 29.6 Å². The standard InChI is InChI=1S/C39H40F2N4O4S/c1-23(46)26-15-32(40)36(33(41)16-26)27-17-35(50-22-27)31-19-39(2,3)8-6-25(31)21-44-10-12-45(13-11-44)28-4-5-30(38(47)48)34(18-28)49-29-14-24-7-9-42-37(24)43-20-29/h4-5,7,9,14-18,20,22-23,46H,6,8,10-13,19,21H2,1-3H3,(H,42,43)(H,47,48)/t23-/m0/s1. The molecule has 5 aromatic rings. The fraction of sp³-hybridized carbons (Fsp3) is 0.333. The molecule has 4 heterocycles. The molecule has 0 bridgehead atoms. The molecule has 3 aromatic heterocycles. The van der Waals surface area contributed by atoms with Crippen molar-refractivity contribution >= 4 is 39.6 Å². The van der Waals surface area contributed by atoms with Gasteiger partial charge < -0.3 is 24.8 Å². The first-order chi connectivity index (χ1) is 23.9. The number of halogens is 2. The molecule has 0 saturated carbocycles. The summed E-state index contributed by atoms with van der Waals surface area (Å²) in [7, 11) is 0. The van der Waals surface area contributed by atoms with Crippen LogP contribution in [0.5, 0.6) is 11.5 Å². The predicted molar refractivity (Wildman–Crippen MR) is 193 cm³/mol. The van der Waals surface area contributed by atoms with Crippen molar-refractivity contribution in [3.05, 3.63) is 99.5 Å². The number of hydrogen-bond donors (Lipinski definition) is 3. The number of nitrogens with one attached hydrogen (secondary N) is 1. The maximum absolute atomic E-state index is 15.1. The molecule has 260 valence electrons. The van der Waals surface area contributed by atoms with Crippen molar-refractivity contribution in [2.24, 2.45) is 5.41 Å². The zero-order chi connectivity index (χ0) is 35.2. The number of H-pyrrole nitrogens is 1. The van der Waals surface area contributed by atoms with Crippen LogP contribution in [-0.2, 0) is 0 Å². The number of piperazine rings is 1. The highest BCUT2D eigenvalue weighted by Crippen LogP contribution is 2.46. The summed E-state index contributed by atoms with van der Waals surface area (Å²) >= 11 is 1.52. The van der Waals surface area contributed by atoms with E-state index in [2.05, 4.69) is 33.6 Å². The predicted octanol–water partition coefficient (Wildman–Crippen LogP) is 8.90. The van der Waals surface area contributed by atoms with Crippen LogP contribution in [0, 0.1) is 17.0 Å². The Labute approximate surface area is 293 Å². The van der Waals surface area contributed by atoms with E-state index in [9.17, 15) is 15.0 Å². The molecule has 11 heteroatoms. The molecule has 1 saturated heterocycles. The highest BCUT2D eigenvalue weighted by molar-refractivity contribution is 7.11. The van der Waals surface area contributed by atoms with E-state index < -0.39 is 23.7 Å². The van der Waals surface area contributed by atoms with E-state index in [1.165, 1.54) is 41.5 Å². The van der Waals surface area contributed by atoms with E-state index in [0.29, 0.717) is 11.3 Å². The number of carboxylic acids is 1. The normalized spacial score (nSPS) is 17.4. The van der Waals surface area contributed by atoms with Gasteiger partial charge in [-0.15, -0.1) is 11.3 Å². The number of allylic oxidation sites excluding steroid dienone is 1. The van der Waals surface area contributed by atoms with E-state index in [4.69, 9.17) is 4.74 Å². The Morgan fingerprint density at radius 3 is 2.56 bits per heavy atom. The van der Waals surface area contributed by atoms with Crippen molar-refractivity contribution in [1.82, 2.24) is 14.9 Å². The first kappa shape index (κ1) is 33.9. The summed E-state index contributed by atoms with van der Waals surface area (Å²) in [5.74, 6) is -1.68. The van der Waals surface area contributed by atoms with Crippen LogP contribution in [0.3, 0.4) is 0 Å². The smallest absolute Gasteiger partial charge is 0.339 e. The molecule has 1 fully saturated rings. The molecule has 2 aromatic carbocycles. The summed E-state index contributed by atoms with van der Waals surface area (Å²) in [5.41, 5.74) is 5.12. The van der Waals surface area contributed by atoms with Gasteiger partial charge >= 0.3 is 5.97 Å². The summed E-state index contributed by atoms with van der Waals surface area (Å²) in [6.07, 6.45) is 5.33. The maximum atomic E-state index is 15.1. The number of carboxylic acid groups (broad SMARTS) is 1. The van der Waals surface area contributed by atoms with E-state index >= 15 is 8.78 Å². The summed E-state index contributed by atoms with van der Waals surface area (Å²) in [6.45, 7) is 10.0. The molecule has 8 nitrogen and oxygen atoms in total. The molecule has 7 rings (SSSR count). The van der Waals surface area contributed by atoms with Gasteiger partial charge in [-0.25, -0.2) is 18.6 Å². The van der Waals surface area contributed by atoms with Gasteiger partial charge in [0.1, 0.15) is 34.3 Å². The largest absolute Gasteiger partial charge is 0.478 e. The fourth-order valence-electron chi connectivity index (χ4n) is 7.01. The minimum Gasteiger partial charge on any atom is -0.478 e. The molecule has 3 N–H and O–H groups in total. The highest BCUT2D eigenvalue weighted by Gasteiger charge is 2.30. The number of anilines is 1. The first-order valence-electron chi connectivity index (χ1n) is 16.9.